The number of nitrogens with one attached hydrogen (secondary N) is 4. The van der Waals surface area contributed by atoms with Gasteiger partial charge in [0, 0.05) is 31.9 Å². The Hall–Kier alpha value is -2.89. The van der Waals surface area contributed by atoms with Gasteiger partial charge in [0.2, 0.25) is 5.96 Å². The van der Waals surface area contributed by atoms with Crippen LogP contribution in [0.4, 0.5) is 5.82 Å². The number of aliphatic imine (C=N–C) groups is 1. The lowest BCUT2D eigenvalue weighted by molar-refractivity contribution is 0.236. The topological polar surface area (TPSA) is 133 Å². The SMILES string of the molecule is N#CNC(=NCC1CCCCC1)N1CC(c2nc(NC3CCCCC3)c(C=N)c(=O)[nH]2)C1. The lowest BCUT2D eigenvalue weighted by Gasteiger charge is -2.40. The van der Waals surface area contributed by atoms with Crippen molar-refractivity contribution in [2.45, 2.75) is 76.2 Å². The molecule has 9 nitrogen and oxygen atoms in total. The van der Waals surface area contributed by atoms with E-state index >= 15 is 0 Å². The molecule has 0 spiro atoms. The average molecular weight is 439 g/mol. The van der Waals surface area contributed by atoms with E-state index in [1.54, 1.807) is 0 Å². The number of guanidine groups is 1. The second-order valence-electron chi connectivity index (χ2n) is 9.34. The van der Waals surface area contributed by atoms with Gasteiger partial charge in [-0.25, -0.2) is 4.98 Å². The maximum absolute atomic E-state index is 12.6. The van der Waals surface area contributed by atoms with E-state index < -0.39 is 0 Å². The zero-order valence-corrected chi connectivity index (χ0v) is 18.7. The molecule has 3 aliphatic rings. The summed E-state index contributed by atoms with van der Waals surface area (Å²) in [6.45, 7) is 2.05. The fourth-order valence-electron chi connectivity index (χ4n) is 5.06. The molecule has 9 heteroatoms. The molecule has 3 fully saturated rings. The number of nitrogens with zero attached hydrogens (tertiary/aromatic N) is 4. The highest BCUT2D eigenvalue weighted by Crippen LogP contribution is 2.27. The first-order chi connectivity index (χ1) is 15.7. The molecule has 0 amide bonds. The summed E-state index contributed by atoms with van der Waals surface area (Å²) in [5.41, 5.74) is 0.0134. The van der Waals surface area contributed by atoms with Crippen molar-refractivity contribution in [3.05, 3.63) is 21.7 Å². The van der Waals surface area contributed by atoms with Gasteiger partial charge in [-0.05, 0) is 31.6 Å². The molecule has 4 N–H and O–H groups in total. The number of H-pyrrole nitrogens is 1. The van der Waals surface area contributed by atoms with Crippen LogP contribution in [0.1, 0.15) is 81.5 Å². The van der Waals surface area contributed by atoms with Gasteiger partial charge in [0.25, 0.3) is 5.56 Å². The Labute approximate surface area is 189 Å². The van der Waals surface area contributed by atoms with Crippen molar-refractivity contribution in [3.63, 3.8) is 0 Å². The summed E-state index contributed by atoms with van der Waals surface area (Å²) in [6, 6.07) is 0.306. The monoisotopic (exact) mass is 438 g/mol. The summed E-state index contributed by atoms with van der Waals surface area (Å²) in [5, 5.41) is 23.0. The van der Waals surface area contributed by atoms with Crippen molar-refractivity contribution in [1.29, 1.82) is 10.7 Å². The molecule has 0 aromatic carbocycles. The predicted molar refractivity (Wildman–Crippen MR) is 125 cm³/mol. The normalized spacial score (nSPS) is 21.0. The quantitative estimate of drug-likeness (QED) is 0.234. The van der Waals surface area contributed by atoms with Crippen molar-refractivity contribution < 1.29 is 0 Å². The number of aromatic nitrogens is 2. The number of aromatic amines is 1. The van der Waals surface area contributed by atoms with Crippen LogP contribution in [0.3, 0.4) is 0 Å². The number of hydrogen-bond donors (Lipinski definition) is 4. The van der Waals surface area contributed by atoms with Crippen LogP contribution in [0.2, 0.25) is 0 Å². The van der Waals surface area contributed by atoms with E-state index in [-0.39, 0.29) is 17.0 Å². The molecule has 0 atom stereocenters. The molecule has 0 radical (unpaired) electrons. The van der Waals surface area contributed by atoms with Crippen LogP contribution >= 0.6 is 0 Å². The van der Waals surface area contributed by atoms with Crippen molar-refractivity contribution >= 4 is 18.0 Å². The summed E-state index contributed by atoms with van der Waals surface area (Å²) >= 11 is 0. The Morgan fingerprint density at radius 1 is 1.19 bits per heavy atom. The third kappa shape index (κ3) is 5.29. The van der Waals surface area contributed by atoms with E-state index in [0.717, 1.165) is 25.6 Å². The molecule has 32 heavy (non-hydrogen) atoms. The summed E-state index contributed by atoms with van der Waals surface area (Å²) < 4.78 is 0. The molecule has 1 aliphatic heterocycles. The van der Waals surface area contributed by atoms with Gasteiger partial charge in [-0.2, -0.15) is 5.26 Å². The maximum Gasteiger partial charge on any atom is 0.261 e. The fraction of sp³-hybridized carbons (Fsp3) is 0.696. The Balaban J connectivity index is 1.42. The van der Waals surface area contributed by atoms with Gasteiger partial charge in [0.15, 0.2) is 6.19 Å². The molecule has 1 aromatic heterocycles. The van der Waals surface area contributed by atoms with E-state index in [1.165, 1.54) is 51.4 Å². The van der Waals surface area contributed by atoms with Gasteiger partial charge in [-0.15, -0.1) is 0 Å². The molecule has 1 aromatic rings. The molecule has 1 saturated heterocycles. The average Bonchev–Trinajstić information content (AvgIpc) is 2.78. The number of likely N-dealkylation sites (tertiary alicyclic amines) is 1. The highest BCUT2D eigenvalue weighted by molar-refractivity contribution is 5.84. The minimum Gasteiger partial charge on any atom is -0.367 e. The molecular weight excluding hydrogens is 404 g/mol. The number of nitriles is 1. The van der Waals surface area contributed by atoms with Crippen LogP contribution in [-0.2, 0) is 0 Å². The van der Waals surface area contributed by atoms with Crippen molar-refractivity contribution in [2.75, 3.05) is 25.0 Å². The standard InChI is InChI=1S/C23H34N8O/c24-11-19-21(28-18-9-5-2-6-10-18)29-20(30-22(19)32)17-13-31(14-17)23(27-15-25)26-12-16-7-3-1-4-8-16/h11,16-18,24H,1-10,12-14H2,(H,26,27)(H2,28,29,30,32). The number of hydrogen-bond acceptors (Lipinski definition) is 6. The van der Waals surface area contributed by atoms with Crippen molar-refractivity contribution in [2.24, 2.45) is 10.9 Å². The first-order valence-corrected chi connectivity index (χ1v) is 12.0. The first kappa shape index (κ1) is 22.3. The van der Waals surface area contributed by atoms with E-state index in [1.807, 2.05) is 11.1 Å². The Morgan fingerprint density at radius 2 is 1.88 bits per heavy atom. The summed E-state index contributed by atoms with van der Waals surface area (Å²) in [4.78, 5) is 26.9. The minimum absolute atomic E-state index is 0.0646. The second-order valence-corrected chi connectivity index (χ2v) is 9.34. The zero-order chi connectivity index (χ0) is 22.3. The Morgan fingerprint density at radius 3 is 2.53 bits per heavy atom. The smallest absolute Gasteiger partial charge is 0.261 e. The van der Waals surface area contributed by atoms with Gasteiger partial charge in [-0.3, -0.25) is 15.1 Å². The molecule has 0 bridgehead atoms. The van der Waals surface area contributed by atoms with Gasteiger partial charge >= 0.3 is 0 Å². The van der Waals surface area contributed by atoms with Gasteiger partial charge in [0.1, 0.15) is 11.6 Å². The number of anilines is 1. The van der Waals surface area contributed by atoms with Crippen LogP contribution in [0.5, 0.6) is 0 Å². The highest BCUT2D eigenvalue weighted by atomic mass is 16.1. The predicted octanol–water partition coefficient (Wildman–Crippen LogP) is 2.92. The lowest BCUT2D eigenvalue weighted by Crippen LogP contribution is -2.53. The maximum atomic E-state index is 12.6. The molecule has 2 aliphatic carbocycles. The third-order valence-electron chi connectivity index (χ3n) is 7.02. The van der Waals surface area contributed by atoms with Gasteiger partial charge < -0.3 is 20.6 Å². The van der Waals surface area contributed by atoms with Crippen LogP contribution in [0, 0.1) is 22.8 Å². The lowest BCUT2D eigenvalue weighted by atomic mass is 9.89. The van der Waals surface area contributed by atoms with E-state index in [2.05, 4.69) is 15.6 Å². The largest absolute Gasteiger partial charge is 0.367 e. The third-order valence-corrected chi connectivity index (χ3v) is 7.02. The van der Waals surface area contributed by atoms with Crippen molar-refractivity contribution in [3.8, 4) is 6.19 Å². The van der Waals surface area contributed by atoms with E-state index in [9.17, 15) is 4.79 Å². The van der Waals surface area contributed by atoms with Crippen LogP contribution in [-0.4, -0.2) is 52.7 Å². The summed E-state index contributed by atoms with van der Waals surface area (Å²) in [6.07, 6.45) is 15.1. The first-order valence-electron chi connectivity index (χ1n) is 12.0. The second kappa shape index (κ2) is 10.6. The van der Waals surface area contributed by atoms with Crippen LogP contribution in [0.25, 0.3) is 0 Å². The van der Waals surface area contributed by atoms with Gasteiger partial charge in [0.05, 0.1) is 11.5 Å². The highest BCUT2D eigenvalue weighted by Gasteiger charge is 2.33. The van der Waals surface area contributed by atoms with Crippen LogP contribution < -0.4 is 16.2 Å². The molecule has 172 valence electrons. The summed E-state index contributed by atoms with van der Waals surface area (Å²) in [5.74, 6) is 2.45. The number of rotatable bonds is 6. The van der Waals surface area contributed by atoms with Crippen molar-refractivity contribution in [1.82, 2.24) is 20.2 Å². The minimum atomic E-state index is -0.275. The summed E-state index contributed by atoms with van der Waals surface area (Å²) in [7, 11) is 0. The fourth-order valence-corrected chi connectivity index (χ4v) is 5.06. The molecule has 4 rings (SSSR count). The zero-order valence-electron chi connectivity index (χ0n) is 18.7. The Bertz CT molecular complexity index is 915. The Kier molecular flexibility index (Phi) is 7.40. The molecule has 0 unspecified atom stereocenters. The van der Waals surface area contributed by atoms with Crippen LogP contribution in [0.15, 0.2) is 9.79 Å². The molecule has 2 heterocycles. The van der Waals surface area contributed by atoms with E-state index in [4.69, 9.17) is 20.6 Å². The molecular formula is C23H34N8O. The van der Waals surface area contributed by atoms with E-state index in [0.29, 0.717) is 42.7 Å². The molecule has 2 saturated carbocycles. The van der Waals surface area contributed by atoms with Gasteiger partial charge in [-0.1, -0.05) is 38.5 Å².